The maximum Gasteiger partial charge on any atom is 0.303 e. The predicted molar refractivity (Wildman–Crippen MR) is 151 cm³/mol. The number of carboxylic acid groups (broad SMARTS) is 1. The Morgan fingerprint density at radius 2 is 1.85 bits per heavy atom. The van der Waals surface area contributed by atoms with Gasteiger partial charge in [0.2, 0.25) is 5.91 Å². The van der Waals surface area contributed by atoms with Gasteiger partial charge < -0.3 is 25.2 Å². The summed E-state index contributed by atoms with van der Waals surface area (Å²) in [5.74, 6) is -1.51. The molecular weight excluding hydrogens is 520 g/mol. The van der Waals surface area contributed by atoms with Crippen LogP contribution in [0.1, 0.15) is 74.3 Å². The molecule has 0 saturated carbocycles. The molecule has 0 bridgehead atoms. The maximum atomic E-state index is 14.0. The van der Waals surface area contributed by atoms with Gasteiger partial charge in [0.05, 0.1) is 6.42 Å². The lowest BCUT2D eigenvalue weighted by Crippen LogP contribution is -2.46. The number of anilines is 1. The summed E-state index contributed by atoms with van der Waals surface area (Å²) in [6.45, 7) is 8.24. The molecule has 2 atom stereocenters. The molecular formula is C30H39ClN2O6. The van der Waals surface area contributed by atoms with E-state index < -0.39 is 23.6 Å². The van der Waals surface area contributed by atoms with Crippen molar-refractivity contribution in [2.75, 3.05) is 24.6 Å². The molecule has 1 heterocycles. The smallest absolute Gasteiger partial charge is 0.303 e. The number of aliphatic hydroxyl groups is 1. The van der Waals surface area contributed by atoms with Gasteiger partial charge in [-0.25, -0.2) is 0 Å². The highest BCUT2D eigenvalue weighted by atomic mass is 35.5. The van der Waals surface area contributed by atoms with E-state index in [1.54, 1.807) is 23.1 Å². The van der Waals surface area contributed by atoms with E-state index in [0.717, 1.165) is 22.3 Å². The zero-order valence-corrected chi connectivity index (χ0v) is 23.9. The summed E-state index contributed by atoms with van der Waals surface area (Å²) in [6.07, 6.45) is 0.0882. The first-order chi connectivity index (χ1) is 18.4. The minimum atomic E-state index is -1.07. The quantitative estimate of drug-likeness (QED) is 0.317. The van der Waals surface area contributed by atoms with Crippen LogP contribution in [0.25, 0.3) is 0 Å². The van der Waals surface area contributed by atoms with Crippen LogP contribution in [0, 0.1) is 19.3 Å². The zero-order valence-electron chi connectivity index (χ0n) is 23.1. The number of aliphatic carboxylic acids is 1. The highest BCUT2D eigenvalue weighted by Crippen LogP contribution is 2.42. The minimum absolute atomic E-state index is 0.0999. The highest BCUT2D eigenvalue weighted by molar-refractivity contribution is 6.30. The number of aryl methyl sites for hydroxylation is 1. The van der Waals surface area contributed by atoms with E-state index in [2.05, 4.69) is 5.32 Å². The molecule has 3 rings (SSSR count). The van der Waals surface area contributed by atoms with Crippen molar-refractivity contribution in [1.29, 1.82) is 0 Å². The number of hydrogen-bond acceptors (Lipinski definition) is 5. The fraction of sp³-hybridized carbons (Fsp3) is 0.500. The van der Waals surface area contributed by atoms with Gasteiger partial charge in [0.15, 0.2) is 0 Å². The Hall–Kier alpha value is -2.94. The van der Waals surface area contributed by atoms with E-state index in [4.69, 9.17) is 21.4 Å². The summed E-state index contributed by atoms with van der Waals surface area (Å²) in [4.78, 5) is 39.2. The Morgan fingerprint density at radius 3 is 2.54 bits per heavy atom. The molecule has 0 aliphatic carbocycles. The molecule has 2 amide bonds. The number of carboxylic acids is 1. The summed E-state index contributed by atoms with van der Waals surface area (Å²) in [7, 11) is 0. The largest absolute Gasteiger partial charge is 0.481 e. The number of unbranched alkanes of at least 4 members (excludes halogenated alkanes) is 2. The van der Waals surface area contributed by atoms with E-state index in [-0.39, 0.29) is 37.8 Å². The molecule has 0 saturated heterocycles. The van der Waals surface area contributed by atoms with E-state index in [0.29, 0.717) is 36.5 Å². The first kappa shape index (κ1) is 30.6. The number of halogens is 1. The fourth-order valence-corrected chi connectivity index (χ4v) is 4.87. The summed E-state index contributed by atoms with van der Waals surface area (Å²) in [5, 5.41) is 22.1. The van der Waals surface area contributed by atoms with E-state index in [1.165, 1.54) is 0 Å². The van der Waals surface area contributed by atoms with Crippen LogP contribution in [0.2, 0.25) is 5.02 Å². The lowest BCUT2D eigenvalue weighted by atomic mass is 9.91. The number of nitrogens with one attached hydrogen (secondary N) is 1. The van der Waals surface area contributed by atoms with Crippen LogP contribution in [0.5, 0.6) is 0 Å². The first-order valence-corrected chi connectivity index (χ1v) is 13.7. The highest BCUT2D eigenvalue weighted by Gasteiger charge is 2.40. The summed E-state index contributed by atoms with van der Waals surface area (Å²) >= 11 is 6.43. The van der Waals surface area contributed by atoms with Crippen molar-refractivity contribution in [3.8, 4) is 0 Å². The standard InChI is InChI=1S/C30H39ClN2O6/c1-19-9-8-10-22(20(19)2)28-23-15-21(31)12-13-24(23)33(17-30(3,4)18-34)29(38)25(39-28)16-26(35)32-14-7-5-6-11-27(36)37/h8-10,12-13,15,25,28,34H,5-7,11,14,16-18H2,1-4H3,(H,32,35)(H,36,37)/t25-,28-/m1/s1. The second-order valence-electron chi connectivity index (χ2n) is 11.0. The molecule has 2 aromatic rings. The van der Waals surface area contributed by atoms with Gasteiger partial charge in [-0.05, 0) is 61.6 Å². The number of rotatable bonds is 12. The Kier molecular flexibility index (Phi) is 10.5. The average Bonchev–Trinajstić information content (AvgIpc) is 2.98. The SMILES string of the molecule is Cc1cccc([C@H]2O[C@H](CC(=O)NCCCCCC(=O)O)C(=O)N(CC(C)(C)CO)c3ccc(Cl)cc32)c1C. The molecule has 3 N–H and O–H groups in total. The van der Waals surface area contributed by atoms with Gasteiger partial charge in [0.25, 0.3) is 5.91 Å². The van der Waals surface area contributed by atoms with Gasteiger partial charge in [-0.3, -0.25) is 14.4 Å². The van der Waals surface area contributed by atoms with E-state index in [1.807, 2.05) is 45.9 Å². The molecule has 2 aromatic carbocycles. The van der Waals surface area contributed by atoms with Crippen LogP contribution >= 0.6 is 11.6 Å². The van der Waals surface area contributed by atoms with Crippen molar-refractivity contribution < 1.29 is 29.3 Å². The Balaban J connectivity index is 1.94. The topological polar surface area (TPSA) is 116 Å². The van der Waals surface area contributed by atoms with Crippen LogP contribution < -0.4 is 10.2 Å². The van der Waals surface area contributed by atoms with Gasteiger partial charge in [0.1, 0.15) is 12.2 Å². The summed E-state index contributed by atoms with van der Waals surface area (Å²) in [6, 6.07) is 11.2. The van der Waals surface area contributed by atoms with Crippen LogP contribution in [0.4, 0.5) is 5.69 Å². The Morgan fingerprint density at radius 1 is 1.10 bits per heavy atom. The number of benzene rings is 2. The predicted octanol–water partition coefficient (Wildman–Crippen LogP) is 4.95. The number of carbonyl (C=O) groups is 3. The number of amides is 2. The Labute approximate surface area is 235 Å². The van der Waals surface area contributed by atoms with Crippen LogP contribution in [-0.4, -0.2) is 53.8 Å². The molecule has 8 nitrogen and oxygen atoms in total. The van der Waals surface area contributed by atoms with Crippen molar-refractivity contribution in [2.24, 2.45) is 5.41 Å². The molecule has 0 spiro atoms. The second-order valence-corrected chi connectivity index (χ2v) is 11.4. The van der Waals surface area contributed by atoms with Gasteiger partial charge in [-0.15, -0.1) is 0 Å². The third kappa shape index (κ3) is 8.03. The number of nitrogens with zero attached hydrogens (tertiary/aromatic N) is 1. The summed E-state index contributed by atoms with van der Waals surface area (Å²) in [5.41, 5.74) is 3.74. The van der Waals surface area contributed by atoms with Crippen LogP contribution in [-0.2, 0) is 19.1 Å². The van der Waals surface area contributed by atoms with Crippen molar-refractivity contribution in [2.45, 2.75) is 72.0 Å². The molecule has 0 radical (unpaired) electrons. The molecule has 0 unspecified atom stereocenters. The van der Waals surface area contributed by atoms with Crippen molar-refractivity contribution in [1.82, 2.24) is 5.32 Å². The average molecular weight is 559 g/mol. The normalized spacial score (nSPS) is 17.5. The first-order valence-electron chi connectivity index (χ1n) is 13.4. The number of fused-ring (bicyclic) bond motifs is 1. The van der Waals surface area contributed by atoms with Crippen LogP contribution in [0.15, 0.2) is 36.4 Å². The van der Waals surface area contributed by atoms with E-state index in [9.17, 15) is 19.5 Å². The molecule has 1 aliphatic heterocycles. The molecule has 9 heteroatoms. The maximum absolute atomic E-state index is 14.0. The Bertz CT molecular complexity index is 1200. The van der Waals surface area contributed by atoms with Crippen molar-refractivity contribution >= 4 is 35.1 Å². The number of hydrogen-bond donors (Lipinski definition) is 3. The van der Waals surface area contributed by atoms with Crippen molar-refractivity contribution in [3.05, 3.63) is 63.7 Å². The van der Waals surface area contributed by atoms with Crippen molar-refractivity contribution in [3.63, 3.8) is 0 Å². The van der Waals surface area contributed by atoms with Gasteiger partial charge in [-0.1, -0.05) is 50.1 Å². The minimum Gasteiger partial charge on any atom is -0.481 e. The summed E-state index contributed by atoms with van der Waals surface area (Å²) < 4.78 is 6.51. The number of ether oxygens (including phenoxy) is 1. The lowest BCUT2D eigenvalue weighted by molar-refractivity contribution is -0.138. The molecule has 1 aliphatic rings. The molecule has 212 valence electrons. The fourth-order valence-electron chi connectivity index (χ4n) is 4.69. The zero-order chi connectivity index (χ0) is 28.7. The lowest BCUT2D eigenvalue weighted by Gasteiger charge is -2.32. The molecule has 0 aromatic heterocycles. The van der Waals surface area contributed by atoms with Gasteiger partial charge >= 0.3 is 5.97 Å². The molecule has 0 fully saturated rings. The number of aliphatic hydroxyl groups excluding tert-OH is 1. The third-order valence-electron chi connectivity index (χ3n) is 7.11. The molecule has 39 heavy (non-hydrogen) atoms. The third-order valence-corrected chi connectivity index (χ3v) is 7.34. The monoisotopic (exact) mass is 558 g/mol. The number of carbonyl (C=O) groups excluding carboxylic acids is 2. The van der Waals surface area contributed by atoms with Crippen LogP contribution in [0.3, 0.4) is 0 Å². The second kappa shape index (κ2) is 13.4. The van der Waals surface area contributed by atoms with Gasteiger partial charge in [0, 0.05) is 47.8 Å². The van der Waals surface area contributed by atoms with E-state index >= 15 is 0 Å². The van der Waals surface area contributed by atoms with Gasteiger partial charge in [-0.2, -0.15) is 0 Å².